The van der Waals surface area contributed by atoms with Crippen LogP contribution in [0.1, 0.15) is 12.5 Å². The van der Waals surface area contributed by atoms with Gasteiger partial charge in [-0.2, -0.15) is 5.10 Å². The number of hydrogen-bond donors (Lipinski definition) is 3. The van der Waals surface area contributed by atoms with Crippen LogP contribution in [0.5, 0.6) is 17.2 Å². The van der Waals surface area contributed by atoms with Gasteiger partial charge in [0, 0.05) is 5.69 Å². The van der Waals surface area contributed by atoms with Crippen LogP contribution in [0.2, 0.25) is 0 Å². The Balaban J connectivity index is 1.94. The van der Waals surface area contributed by atoms with E-state index in [-0.39, 0.29) is 11.7 Å². The molecule has 2 aromatic rings. The van der Waals surface area contributed by atoms with Crippen molar-refractivity contribution in [2.24, 2.45) is 5.10 Å². The zero-order valence-electron chi connectivity index (χ0n) is 14.6. The van der Waals surface area contributed by atoms with Crippen LogP contribution in [0.25, 0.3) is 0 Å². The quantitative estimate of drug-likeness (QED) is 0.471. The van der Waals surface area contributed by atoms with E-state index >= 15 is 0 Å². The number of aromatic hydroxyl groups is 1. The van der Waals surface area contributed by atoms with E-state index in [1.54, 1.807) is 38.3 Å². The van der Waals surface area contributed by atoms with Crippen LogP contribution < -0.4 is 20.2 Å². The second-order valence-electron chi connectivity index (χ2n) is 5.38. The third kappa shape index (κ3) is 5.13. The minimum absolute atomic E-state index is 0.00555. The first-order chi connectivity index (χ1) is 12.4. The van der Waals surface area contributed by atoms with Gasteiger partial charge in [-0.1, -0.05) is 0 Å². The zero-order valence-corrected chi connectivity index (χ0v) is 16.2. The Hall–Kier alpha value is -2.74. The Morgan fingerprint density at radius 2 is 1.92 bits per heavy atom. The van der Waals surface area contributed by atoms with E-state index in [4.69, 9.17) is 9.47 Å². The summed E-state index contributed by atoms with van der Waals surface area (Å²) in [5, 5.41) is 16.8. The average Bonchev–Trinajstić information content (AvgIpc) is 2.64. The Morgan fingerprint density at radius 1 is 1.23 bits per heavy atom. The molecule has 2 rings (SSSR count). The summed E-state index contributed by atoms with van der Waals surface area (Å²) >= 11 is 3.23. The number of phenols is 1. The van der Waals surface area contributed by atoms with Gasteiger partial charge in [0.15, 0.2) is 11.5 Å². The standard InChI is InChI=1S/C18H20BrN3O4/c1-11(21-13-4-6-14(25-2)7-5-13)18(24)22-20-10-12-8-15(19)17(23)16(9-12)26-3/h4-11,21,23H,1-3H3,(H,22,24). The topological polar surface area (TPSA) is 92.2 Å². The van der Waals surface area contributed by atoms with Gasteiger partial charge in [-0.15, -0.1) is 0 Å². The molecule has 0 fully saturated rings. The molecular weight excluding hydrogens is 402 g/mol. The predicted octanol–water partition coefficient (Wildman–Crippen LogP) is 3.12. The number of carbonyl (C=O) groups is 1. The van der Waals surface area contributed by atoms with Crippen LogP contribution in [0, 0.1) is 0 Å². The number of amides is 1. The molecule has 26 heavy (non-hydrogen) atoms. The maximum absolute atomic E-state index is 12.1. The molecule has 0 aromatic heterocycles. The summed E-state index contributed by atoms with van der Waals surface area (Å²) < 4.78 is 10.6. The van der Waals surface area contributed by atoms with Gasteiger partial charge >= 0.3 is 0 Å². The van der Waals surface area contributed by atoms with Crippen LogP contribution in [-0.2, 0) is 4.79 Å². The van der Waals surface area contributed by atoms with Crippen molar-refractivity contribution in [1.29, 1.82) is 0 Å². The highest BCUT2D eigenvalue weighted by Crippen LogP contribution is 2.34. The van der Waals surface area contributed by atoms with E-state index in [1.165, 1.54) is 13.3 Å². The number of halogens is 1. The summed E-state index contributed by atoms with van der Waals surface area (Å²) in [6, 6.07) is 10.0. The molecule has 3 N–H and O–H groups in total. The molecule has 2 aromatic carbocycles. The Labute approximate surface area is 160 Å². The molecule has 0 aliphatic heterocycles. The molecule has 0 bridgehead atoms. The van der Waals surface area contributed by atoms with Gasteiger partial charge in [0.1, 0.15) is 11.8 Å². The summed E-state index contributed by atoms with van der Waals surface area (Å²) in [4.78, 5) is 12.1. The zero-order chi connectivity index (χ0) is 19.1. The summed E-state index contributed by atoms with van der Waals surface area (Å²) in [5.74, 6) is 0.766. The lowest BCUT2D eigenvalue weighted by molar-refractivity contribution is -0.121. The van der Waals surface area contributed by atoms with E-state index < -0.39 is 6.04 Å². The monoisotopic (exact) mass is 421 g/mol. The first-order valence-corrected chi connectivity index (χ1v) is 8.54. The molecule has 0 aliphatic carbocycles. The first-order valence-electron chi connectivity index (χ1n) is 7.74. The summed E-state index contributed by atoms with van der Waals surface area (Å²) in [5.41, 5.74) is 3.92. The smallest absolute Gasteiger partial charge is 0.262 e. The molecule has 0 aliphatic rings. The number of hydrazone groups is 1. The van der Waals surface area contributed by atoms with Crippen LogP contribution in [0.4, 0.5) is 5.69 Å². The number of benzene rings is 2. The normalized spacial score (nSPS) is 11.8. The van der Waals surface area contributed by atoms with Gasteiger partial charge in [-0.05, 0) is 64.8 Å². The van der Waals surface area contributed by atoms with E-state index in [9.17, 15) is 9.90 Å². The molecule has 8 heteroatoms. The molecule has 0 spiro atoms. The van der Waals surface area contributed by atoms with Gasteiger partial charge in [0.25, 0.3) is 5.91 Å². The summed E-state index contributed by atoms with van der Waals surface area (Å²) in [6.07, 6.45) is 1.46. The predicted molar refractivity (Wildman–Crippen MR) is 104 cm³/mol. The van der Waals surface area contributed by atoms with Crippen molar-refractivity contribution in [2.75, 3.05) is 19.5 Å². The third-order valence-electron chi connectivity index (χ3n) is 3.53. The number of hydrogen-bond acceptors (Lipinski definition) is 6. The number of carbonyl (C=O) groups excluding carboxylic acids is 1. The summed E-state index contributed by atoms with van der Waals surface area (Å²) in [7, 11) is 3.05. The van der Waals surface area contributed by atoms with Gasteiger partial charge in [-0.3, -0.25) is 4.79 Å². The van der Waals surface area contributed by atoms with Crippen LogP contribution in [-0.4, -0.2) is 37.5 Å². The fraction of sp³-hybridized carbons (Fsp3) is 0.222. The average molecular weight is 422 g/mol. The third-order valence-corrected chi connectivity index (χ3v) is 4.13. The first kappa shape index (κ1) is 19.6. The number of methoxy groups -OCH3 is 2. The molecule has 1 amide bonds. The number of anilines is 1. The highest BCUT2D eigenvalue weighted by Gasteiger charge is 2.12. The molecular formula is C18H20BrN3O4. The molecule has 1 unspecified atom stereocenters. The molecule has 7 nitrogen and oxygen atoms in total. The van der Waals surface area contributed by atoms with Crippen molar-refractivity contribution < 1.29 is 19.4 Å². The number of ether oxygens (including phenoxy) is 2. The number of nitrogens with one attached hydrogen (secondary N) is 2. The Morgan fingerprint density at radius 3 is 2.54 bits per heavy atom. The van der Waals surface area contributed by atoms with Crippen molar-refractivity contribution in [1.82, 2.24) is 5.43 Å². The second kappa shape index (κ2) is 9.10. The molecule has 0 radical (unpaired) electrons. The lowest BCUT2D eigenvalue weighted by Crippen LogP contribution is -2.34. The summed E-state index contributed by atoms with van der Waals surface area (Å²) in [6.45, 7) is 1.73. The number of rotatable bonds is 7. The lowest BCUT2D eigenvalue weighted by atomic mass is 10.2. The molecule has 138 valence electrons. The van der Waals surface area contributed by atoms with E-state index in [0.29, 0.717) is 15.8 Å². The van der Waals surface area contributed by atoms with E-state index in [0.717, 1.165) is 11.4 Å². The maximum atomic E-state index is 12.1. The largest absolute Gasteiger partial charge is 0.503 e. The van der Waals surface area contributed by atoms with Crippen molar-refractivity contribution in [3.8, 4) is 17.2 Å². The highest BCUT2D eigenvalue weighted by atomic mass is 79.9. The molecule has 0 saturated carbocycles. The van der Waals surface area contributed by atoms with Gasteiger partial charge < -0.3 is 19.9 Å². The minimum Gasteiger partial charge on any atom is -0.503 e. The maximum Gasteiger partial charge on any atom is 0.262 e. The van der Waals surface area contributed by atoms with E-state index in [2.05, 4.69) is 31.8 Å². The van der Waals surface area contributed by atoms with Crippen molar-refractivity contribution in [3.63, 3.8) is 0 Å². The number of nitrogens with zero attached hydrogens (tertiary/aromatic N) is 1. The van der Waals surface area contributed by atoms with Crippen molar-refractivity contribution >= 4 is 33.7 Å². The Bertz CT molecular complexity index is 794. The SMILES string of the molecule is COc1ccc(NC(C)C(=O)NN=Cc2cc(Br)c(O)c(OC)c2)cc1. The van der Waals surface area contributed by atoms with Gasteiger partial charge in [0.2, 0.25) is 0 Å². The van der Waals surface area contributed by atoms with E-state index in [1.807, 2.05) is 12.1 Å². The Kier molecular flexibility index (Phi) is 6.85. The minimum atomic E-state index is -0.485. The number of phenolic OH excluding ortho intramolecular Hbond substituents is 1. The highest BCUT2D eigenvalue weighted by molar-refractivity contribution is 9.10. The second-order valence-corrected chi connectivity index (χ2v) is 6.24. The van der Waals surface area contributed by atoms with Gasteiger partial charge in [0.05, 0.1) is 24.9 Å². The van der Waals surface area contributed by atoms with Crippen molar-refractivity contribution in [3.05, 3.63) is 46.4 Å². The molecule has 1 atom stereocenters. The molecule has 0 saturated heterocycles. The lowest BCUT2D eigenvalue weighted by Gasteiger charge is -2.13. The fourth-order valence-corrected chi connectivity index (χ4v) is 2.55. The van der Waals surface area contributed by atoms with Crippen LogP contribution >= 0.6 is 15.9 Å². The van der Waals surface area contributed by atoms with Crippen LogP contribution in [0.15, 0.2) is 46.0 Å². The fourth-order valence-electron chi connectivity index (χ4n) is 2.09. The molecule has 0 heterocycles. The van der Waals surface area contributed by atoms with Crippen molar-refractivity contribution in [2.45, 2.75) is 13.0 Å². The van der Waals surface area contributed by atoms with Gasteiger partial charge in [-0.25, -0.2) is 5.43 Å². The van der Waals surface area contributed by atoms with Crippen LogP contribution in [0.3, 0.4) is 0 Å².